The third-order valence-corrected chi connectivity index (χ3v) is 9.39. The van der Waals surface area contributed by atoms with Gasteiger partial charge in [-0.25, -0.2) is 13.9 Å². The van der Waals surface area contributed by atoms with Crippen molar-refractivity contribution in [3.05, 3.63) is 113 Å². The van der Waals surface area contributed by atoms with Crippen LogP contribution in [0.2, 0.25) is 0 Å². The molecule has 1 aromatic heterocycles. The van der Waals surface area contributed by atoms with Crippen LogP contribution in [0.1, 0.15) is 72.8 Å². The molecule has 3 aromatic carbocycles. The van der Waals surface area contributed by atoms with E-state index in [9.17, 15) is 31.9 Å². The molecule has 0 radical (unpaired) electrons. The number of anilines is 1. The third-order valence-electron chi connectivity index (χ3n) is 9.39. The molecule has 3 heterocycles. The number of piperazine rings is 1. The number of carbonyl (C=O) groups is 3. The Bertz CT molecular complexity index is 1940. The van der Waals surface area contributed by atoms with E-state index in [2.05, 4.69) is 4.90 Å². The Kier molecular flexibility index (Phi) is 13.3. The molecule has 2 amide bonds. The Hall–Kier alpha value is -4.34. The lowest BCUT2D eigenvalue weighted by molar-refractivity contribution is -0.137. The van der Waals surface area contributed by atoms with Crippen molar-refractivity contribution in [3.63, 3.8) is 0 Å². The number of rotatable bonds is 8. The molecular weight excluding hydrogens is 743 g/mol. The molecule has 1 saturated heterocycles. The van der Waals surface area contributed by atoms with Crippen molar-refractivity contribution >= 4 is 50.6 Å². The topological polar surface area (TPSA) is 88.0 Å². The average Bonchev–Trinajstić information content (AvgIpc) is 3.47. The minimum atomic E-state index is -4.65. The lowest BCUT2D eigenvalue weighted by atomic mass is 9.74. The second-order valence-corrected chi connectivity index (χ2v) is 14.1. The first-order valence-corrected chi connectivity index (χ1v) is 17.3. The minimum absolute atomic E-state index is 0. The number of ketones is 1. The molecule has 0 N–H and O–H groups in total. The van der Waals surface area contributed by atoms with Gasteiger partial charge in [0, 0.05) is 62.7 Å². The van der Waals surface area contributed by atoms with Crippen molar-refractivity contribution in [2.24, 2.45) is 5.92 Å². The molecular formula is C39H45F4N5O4S2. The fourth-order valence-corrected chi connectivity index (χ4v) is 6.95. The molecule has 2 aliphatic rings. The first kappa shape index (κ1) is 42.4. The monoisotopic (exact) mass is 787 g/mol. The van der Waals surface area contributed by atoms with E-state index >= 15 is 0 Å². The number of ether oxygens (including phenoxy) is 1. The number of nitrogens with zero attached hydrogens (tertiary/aromatic N) is 5. The van der Waals surface area contributed by atoms with E-state index in [1.54, 1.807) is 26.6 Å². The first-order valence-electron chi connectivity index (χ1n) is 17.3. The molecule has 290 valence electrons. The highest BCUT2D eigenvalue weighted by molar-refractivity contribution is 7.59. The van der Waals surface area contributed by atoms with E-state index in [0.717, 1.165) is 12.1 Å². The highest BCUT2D eigenvalue weighted by atomic mass is 32.1. The van der Waals surface area contributed by atoms with E-state index < -0.39 is 40.8 Å². The summed E-state index contributed by atoms with van der Waals surface area (Å²) in [5.41, 5.74) is 0.819. The van der Waals surface area contributed by atoms with Crippen molar-refractivity contribution in [2.75, 3.05) is 37.6 Å². The quantitative estimate of drug-likeness (QED) is 0.135. The molecule has 0 bridgehead atoms. The largest absolute Gasteiger partial charge is 0.444 e. The lowest BCUT2D eigenvalue weighted by Gasteiger charge is -2.39. The van der Waals surface area contributed by atoms with Crippen LogP contribution in [0.5, 0.6) is 0 Å². The number of amides is 2. The summed E-state index contributed by atoms with van der Waals surface area (Å²) in [5, 5.41) is 5.09. The number of para-hydroxylation sites is 1. The maximum absolute atomic E-state index is 14.6. The van der Waals surface area contributed by atoms with Gasteiger partial charge in [0.25, 0.3) is 0 Å². The molecule has 0 saturated carbocycles. The standard InChI is InChI=1S/C39H41F4N5O4.2H2S/c1-5-47-35-34(31(44-48(35)29-12-7-6-8-13-29)24-45-18-20-46(21-19-45)37(51)52-38(2,3)4)33(25-14-16-28(40)17-15-25)30(36(47)50)23-32(49)26-10-9-11-27(22-26)39(41,42)43;;/h6-17,22,30,33H,5,18-21,23-24H2,1-4H3;2*1H2/t30-,33+;;/m0../s1. The number of alkyl halides is 3. The van der Waals surface area contributed by atoms with Gasteiger partial charge in [0.05, 0.1) is 22.9 Å². The zero-order valence-corrected chi connectivity index (χ0v) is 32.5. The summed E-state index contributed by atoms with van der Waals surface area (Å²) in [4.78, 5) is 46.5. The summed E-state index contributed by atoms with van der Waals surface area (Å²) in [5.74, 6) is -2.79. The van der Waals surface area contributed by atoms with Crippen LogP contribution in [0, 0.1) is 11.7 Å². The van der Waals surface area contributed by atoms with Crippen LogP contribution >= 0.6 is 27.0 Å². The number of hydrogen-bond donors (Lipinski definition) is 0. The van der Waals surface area contributed by atoms with Crippen LogP contribution in [0.15, 0.2) is 78.9 Å². The van der Waals surface area contributed by atoms with E-state index in [1.165, 1.54) is 24.3 Å². The lowest BCUT2D eigenvalue weighted by Crippen LogP contribution is -2.49. The van der Waals surface area contributed by atoms with Gasteiger partial charge >= 0.3 is 12.3 Å². The summed E-state index contributed by atoms with van der Waals surface area (Å²) in [6, 6.07) is 19.2. The minimum Gasteiger partial charge on any atom is -0.444 e. The van der Waals surface area contributed by atoms with Gasteiger partial charge < -0.3 is 9.64 Å². The molecule has 15 heteroatoms. The summed E-state index contributed by atoms with van der Waals surface area (Å²) < 4.78 is 62.4. The third kappa shape index (κ3) is 9.12. The van der Waals surface area contributed by atoms with Crippen molar-refractivity contribution < 1.29 is 36.7 Å². The second-order valence-electron chi connectivity index (χ2n) is 14.1. The van der Waals surface area contributed by atoms with Crippen molar-refractivity contribution in [1.29, 1.82) is 0 Å². The van der Waals surface area contributed by atoms with Gasteiger partial charge in [-0.15, -0.1) is 0 Å². The normalized spacial score (nSPS) is 17.7. The Morgan fingerprint density at radius 1 is 0.889 bits per heavy atom. The number of halogens is 4. The van der Waals surface area contributed by atoms with Crippen molar-refractivity contribution in [1.82, 2.24) is 19.6 Å². The van der Waals surface area contributed by atoms with Crippen molar-refractivity contribution in [2.45, 2.75) is 58.4 Å². The number of Topliss-reactive ketones (excluding diaryl/α,β-unsaturated/α-hetero) is 1. The predicted molar refractivity (Wildman–Crippen MR) is 208 cm³/mol. The number of carbonyl (C=O) groups excluding carboxylic acids is 3. The number of fused-ring (bicyclic) bond motifs is 1. The Labute approximate surface area is 326 Å². The van der Waals surface area contributed by atoms with Gasteiger partial charge in [0.15, 0.2) is 5.78 Å². The van der Waals surface area contributed by atoms with Crippen LogP contribution in [0.3, 0.4) is 0 Å². The summed E-state index contributed by atoms with van der Waals surface area (Å²) >= 11 is 0. The highest BCUT2D eigenvalue weighted by Crippen LogP contribution is 2.48. The van der Waals surface area contributed by atoms with Gasteiger partial charge in [-0.2, -0.15) is 45.3 Å². The van der Waals surface area contributed by atoms with Gasteiger partial charge in [0.1, 0.15) is 17.2 Å². The fourth-order valence-electron chi connectivity index (χ4n) is 6.95. The van der Waals surface area contributed by atoms with Gasteiger partial charge in [-0.3, -0.25) is 19.4 Å². The average molecular weight is 788 g/mol. The molecule has 0 unspecified atom stereocenters. The SMILES string of the molecule is CCN1C(=O)[C@@H](CC(=O)c2cccc(C(F)(F)F)c2)[C@@H](c2ccc(F)cc2)c2c(CN3CCN(C(=O)OC(C)(C)C)CC3)nn(-c3ccccc3)c21.S.S. The smallest absolute Gasteiger partial charge is 0.416 e. The van der Waals surface area contributed by atoms with Crippen LogP contribution in [0.4, 0.5) is 28.2 Å². The molecule has 2 aliphatic heterocycles. The van der Waals surface area contributed by atoms with E-state index in [0.29, 0.717) is 61.0 Å². The van der Waals surface area contributed by atoms with Crippen LogP contribution < -0.4 is 4.90 Å². The summed E-state index contributed by atoms with van der Waals surface area (Å²) in [7, 11) is 0. The summed E-state index contributed by atoms with van der Waals surface area (Å²) in [6.07, 6.45) is -5.43. The molecule has 6 rings (SSSR count). The number of aromatic nitrogens is 2. The van der Waals surface area contributed by atoms with Gasteiger partial charge in [0.2, 0.25) is 5.91 Å². The molecule has 4 aromatic rings. The molecule has 1 fully saturated rings. The van der Waals surface area contributed by atoms with Crippen LogP contribution in [0.25, 0.3) is 5.69 Å². The molecule has 0 aliphatic carbocycles. The Morgan fingerprint density at radius 3 is 2.13 bits per heavy atom. The van der Waals surface area contributed by atoms with E-state index in [4.69, 9.17) is 9.84 Å². The molecule has 0 spiro atoms. The van der Waals surface area contributed by atoms with Crippen LogP contribution in [-0.4, -0.2) is 75.7 Å². The molecule has 2 atom stereocenters. The zero-order chi connectivity index (χ0) is 37.4. The second kappa shape index (κ2) is 17.0. The summed E-state index contributed by atoms with van der Waals surface area (Å²) in [6.45, 7) is 9.69. The van der Waals surface area contributed by atoms with Crippen molar-refractivity contribution in [3.8, 4) is 5.69 Å². The molecule has 9 nitrogen and oxygen atoms in total. The maximum atomic E-state index is 14.6. The Balaban J connectivity index is 0.00000325. The zero-order valence-electron chi connectivity index (χ0n) is 30.5. The molecule has 54 heavy (non-hydrogen) atoms. The van der Waals surface area contributed by atoms with E-state index in [-0.39, 0.29) is 57.5 Å². The highest BCUT2D eigenvalue weighted by Gasteiger charge is 2.46. The Morgan fingerprint density at radius 2 is 1.54 bits per heavy atom. The van der Waals surface area contributed by atoms with Crippen LogP contribution in [-0.2, 0) is 22.3 Å². The number of benzene rings is 3. The number of hydrogen-bond acceptors (Lipinski definition) is 6. The van der Waals surface area contributed by atoms with Gasteiger partial charge in [-0.1, -0.05) is 42.5 Å². The fraction of sp³-hybridized carbons (Fsp3) is 0.385. The first-order chi connectivity index (χ1) is 24.6. The van der Waals surface area contributed by atoms with Gasteiger partial charge in [-0.05, 0) is 69.7 Å². The van der Waals surface area contributed by atoms with E-state index in [1.807, 2.05) is 58.0 Å². The maximum Gasteiger partial charge on any atom is 0.416 e. The predicted octanol–water partition coefficient (Wildman–Crippen LogP) is 7.70.